The Bertz CT molecular complexity index is 942. The standard InChI is InChI=1S/C20H13Cl2FO3/c21-14-8-5-12(6-9-14)19(15-3-1-2-4-16(15)22)26-18-10-7-13(20(24)25)11-17(18)23/h1-11,19H,(H,24,25). The van der Waals surface area contributed by atoms with Crippen molar-refractivity contribution in [2.45, 2.75) is 6.10 Å². The van der Waals surface area contributed by atoms with E-state index in [0.717, 1.165) is 11.6 Å². The summed E-state index contributed by atoms with van der Waals surface area (Å²) in [5.74, 6) is -2.05. The summed E-state index contributed by atoms with van der Waals surface area (Å²) in [6.07, 6.45) is -0.689. The molecule has 26 heavy (non-hydrogen) atoms. The Kier molecular flexibility index (Phi) is 5.45. The third kappa shape index (κ3) is 3.98. The minimum absolute atomic E-state index is 0.0742. The summed E-state index contributed by atoms with van der Waals surface area (Å²) in [5.41, 5.74) is 1.22. The number of halogens is 3. The fourth-order valence-electron chi connectivity index (χ4n) is 2.49. The lowest BCUT2D eigenvalue weighted by Crippen LogP contribution is -2.11. The number of benzene rings is 3. The van der Waals surface area contributed by atoms with Crippen LogP contribution < -0.4 is 4.74 Å². The molecule has 0 fully saturated rings. The summed E-state index contributed by atoms with van der Waals surface area (Å²) >= 11 is 12.2. The van der Waals surface area contributed by atoms with Gasteiger partial charge in [0, 0.05) is 15.6 Å². The van der Waals surface area contributed by atoms with Crippen LogP contribution in [0.3, 0.4) is 0 Å². The second kappa shape index (κ2) is 7.77. The van der Waals surface area contributed by atoms with Gasteiger partial charge in [-0.25, -0.2) is 9.18 Å². The number of hydrogen-bond donors (Lipinski definition) is 1. The molecule has 0 radical (unpaired) electrons. The molecule has 6 heteroatoms. The first-order chi connectivity index (χ1) is 12.5. The van der Waals surface area contributed by atoms with E-state index >= 15 is 0 Å². The molecule has 1 N–H and O–H groups in total. The summed E-state index contributed by atoms with van der Waals surface area (Å²) in [7, 11) is 0. The van der Waals surface area contributed by atoms with Gasteiger partial charge in [-0.2, -0.15) is 0 Å². The van der Waals surface area contributed by atoms with Gasteiger partial charge in [-0.3, -0.25) is 0 Å². The first kappa shape index (κ1) is 18.2. The molecule has 0 aliphatic rings. The lowest BCUT2D eigenvalue weighted by atomic mass is 10.0. The Morgan fingerprint density at radius 3 is 2.31 bits per heavy atom. The number of rotatable bonds is 5. The van der Waals surface area contributed by atoms with Gasteiger partial charge in [0.25, 0.3) is 0 Å². The molecule has 0 amide bonds. The van der Waals surface area contributed by atoms with Crippen molar-refractivity contribution in [3.8, 4) is 5.75 Å². The largest absolute Gasteiger partial charge is 0.478 e. The molecule has 3 rings (SSSR count). The van der Waals surface area contributed by atoms with Crippen LogP contribution in [-0.4, -0.2) is 11.1 Å². The van der Waals surface area contributed by atoms with Gasteiger partial charge in [-0.15, -0.1) is 0 Å². The highest BCUT2D eigenvalue weighted by Crippen LogP contribution is 2.34. The van der Waals surface area contributed by atoms with Crippen LogP contribution in [0.2, 0.25) is 10.0 Å². The zero-order valence-electron chi connectivity index (χ0n) is 13.3. The topological polar surface area (TPSA) is 46.5 Å². The van der Waals surface area contributed by atoms with E-state index in [-0.39, 0.29) is 11.3 Å². The van der Waals surface area contributed by atoms with Gasteiger partial charge < -0.3 is 9.84 Å². The van der Waals surface area contributed by atoms with Gasteiger partial charge in [-0.1, -0.05) is 53.5 Å². The number of carboxylic acids is 1. The van der Waals surface area contributed by atoms with Crippen molar-refractivity contribution in [3.05, 3.63) is 99.3 Å². The fraction of sp³-hybridized carbons (Fsp3) is 0.0500. The smallest absolute Gasteiger partial charge is 0.335 e. The van der Waals surface area contributed by atoms with Gasteiger partial charge in [0.2, 0.25) is 0 Å². The quantitative estimate of drug-likeness (QED) is 0.580. The van der Waals surface area contributed by atoms with E-state index in [2.05, 4.69) is 0 Å². The second-order valence-corrected chi connectivity index (χ2v) is 6.36. The van der Waals surface area contributed by atoms with E-state index in [4.69, 9.17) is 33.0 Å². The molecule has 0 aliphatic heterocycles. The summed E-state index contributed by atoms with van der Waals surface area (Å²) in [6.45, 7) is 0. The van der Waals surface area contributed by atoms with Crippen molar-refractivity contribution < 1.29 is 19.0 Å². The van der Waals surface area contributed by atoms with Gasteiger partial charge in [0.05, 0.1) is 5.56 Å². The van der Waals surface area contributed by atoms with E-state index < -0.39 is 17.9 Å². The van der Waals surface area contributed by atoms with Crippen molar-refractivity contribution in [2.75, 3.05) is 0 Å². The molecule has 0 saturated carbocycles. The number of ether oxygens (including phenoxy) is 1. The summed E-state index contributed by atoms with van der Waals surface area (Å²) in [6, 6.07) is 17.5. The molecule has 0 saturated heterocycles. The van der Waals surface area contributed by atoms with Crippen LogP contribution in [0.4, 0.5) is 4.39 Å². The number of carboxylic acid groups (broad SMARTS) is 1. The van der Waals surface area contributed by atoms with Gasteiger partial charge in [-0.05, 0) is 42.0 Å². The van der Waals surface area contributed by atoms with Crippen LogP contribution in [0.25, 0.3) is 0 Å². The minimum Gasteiger partial charge on any atom is -0.478 e. The SMILES string of the molecule is O=C(O)c1ccc(OC(c2ccc(Cl)cc2)c2ccccc2Cl)c(F)c1. The molecule has 0 bridgehead atoms. The lowest BCUT2D eigenvalue weighted by Gasteiger charge is -2.21. The van der Waals surface area contributed by atoms with Crippen molar-refractivity contribution in [3.63, 3.8) is 0 Å². The first-order valence-corrected chi connectivity index (χ1v) is 8.40. The molecule has 1 unspecified atom stereocenters. The maximum Gasteiger partial charge on any atom is 0.335 e. The minimum atomic E-state index is -1.21. The Labute approximate surface area is 159 Å². The number of carbonyl (C=O) groups is 1. The Balaban J connectivity index is 2.03. The van der Waals surface area contributed by atoms with Crippen LogP contribution >= 0.6 is 23.2 Å². The molecule has 0 aliphatic carbocycles. The molecule has 3 aromatic rings. The van der Waals surface area contributed by atoms with E-state index in [1.807, 2.05) is 0 Å². The zero-order chi connectivity index (χ0) is 18.7. The Morgan fingerprint density at radius 1 is 1.00 bits per heavy atom. The third-order valence-corrected chi connectivity index (χ3v) is 4.38. The predicted octanol–water partition coefficient (Wildman–Crippen LogP) is 6.00. The van der Waals surface area contributed by atoms with Crippen LogP contribution in [0, 0.1) is 5.82 Å². The Morgan fingerprint density at radius 2 is 1.69 bits per heavy atom. The molecular formula is C20H13Cl2FO3. The summed E-state index contributed by atoms with van der Waals surface area (Å²) < 4.78 is 20.2. The highest BCUT2D eigenvalue weighted by molar-refractivity contribution is 6.31. The zero-order valence-corrected chi connectivity index (χ0v) is 14.8. The van der Waals surface area contributed by atoms with Crippen LogP contribution in [0.5, 0.6) is 5.75 Å². The van der Waals surface area contributed by atoms with Gasteiger partial charge >= 0.3 is 5.97 Å². The highest BCUT2D eigenvalue weighted by atomic mass is 35.5. The maximum absolute atomic E-state index is 14.3. The predicted molar refractivity (Wildman–Crippen MR) is 98.7 cm³/mol. The molecule has 3 nitrogen and oxygen atoms in total. The van der Waals surface area contributed by atoms with Crippen LogP contribution in [-0.2, 0) is 0 Å². The van der Waals surface area contributed by atoms with E-state index in [9.17, 15) is 9.18 Å². The van der Waals surface area contributed by atoms with Gasteiger partial charge in [0.1, 0.15) is 0 Å². The molecule has 0 heterocycles. The number of aromatic carboxylic acids is 1. The molecule has 1 atom stereocenters. The molecule has 3 aromatic carbocycles. The number of hydrogen-bond acceptors (Lipinski definition) is 2. The van der Waals surface area contributed by atoms with Crippen LogP contribution in [0.1, 0.15) is 27.6 Å². The second-order valence-electron chi connectivity index (χ2n) is 5.52. The molecule has 0 aromatic heterocycles. The highest BCUT2D eigenvalue weighted by Gasteiger charge is 2.21. The van der Waals surface area contributed by atoms with E-state index in [1.54, 1.807) is 48.5 Å². The summed E-state index contributed by atoms with van der Waals surface area (Å²) in [4.78, 5) is 11.0. The Hall–Kier alpha value is -2.56. The molecule has 132 valence electrons. The van der Waals surface area contributed by atoms with Crippen molar-refractivity contribution in [1.29, 1.82) is 0 Å². The van der Waals surface area contributed by atoms with Crippen molar-refractivity contribution in [2.24, 2.45) is 0 Å². The lowest BCUT2D eigenvalue weighted by molar-refractivity contribution is 0.0696. The average molecular weight is 391 g/mol. The van der Waals surface area contributed by atoms with Gasteiger partial charge in [0.15, 0.2) is 17.7 Å². The third-order valence-electron chi connectivity index (χ3n) is 3.78. The summed E-state index contributed by atoms with van der Waals surface area (Å²) in [5, 5.41) is 9.99. The van der Waals surface area contributed by atoms with Crippen molar-refractivity contribution >= 4 is 29.2 Å². The normalized spacial score (nSPS) is 11.8. The monoisotopic (exact) mass is 390 g/mol. The van der Waals surface area contributed by atoms with E-state index in [1.165, 1.54) is 12.1 Å². The molecular weight excluding hydrogens is 378 g/mol. The van der Waals surface area contributed by atoms with Crippen molar-refractivity contribution in [1.82, 2.24) is 0 Å². The van der Waals surface area contributed by atoms with Crippen LogP contribution in [0.15, 0.2) is 66.7 Å². The first-order valence-electron chi connectivity index (χ1n) is 7.65. The van der Waals surface area contributed by atoms with E-state index in [0.29, 0.717) is 15.6 Å². The average Bonchev–Trinajstić information content (AvgIpc) is 2.62. The fourth-order valence-corrected chi connectivity index (χ4v) is 2.85. The maximum atomic E-state index is 14.3. The molecule has 0 spiro atoms.